The van der Waals surface area contributed by atoms with Crippen LogP contribution in [0.3, 0.4) is 0 Å². The lowest BCUT2D eigenvalue weighted by Crippen LogP contribution is -2.42. The highest BCUT2D eigenvalue weighted by Crippen LogP contribution is 2.48. The highest BCUT2D eigenvalue weighted by atomic mass is 16.2. The minimum absolute atomic E-state index is 0.138. The lowest BCUT2D eigenvalue weighted by molar-refractivity contribution is -0.121. The minimum Gasteiger partial charge on any atom is -0.359 e. The van der Waals surface area contributed by atoms with Gasteiger partial charge in [-0.2, -0.15) is 0 Å². The molecule has 1 aromatic carbocycles. The molecular formula is C32H47N3O3. The maximum atomic E-state index is 12.9. The molecule has 1 aromatic rings. The van der Waals surface area contributed by atoms with Crippen LogP contribution in [0.1, 0.15) is 107 Å². The molecule has 3 rings (SSSR count). The first kappa shape index (κ1) is 29.9. The number of carbonyl (C=O) groups is 3. The molecule has 38 heavy (non-hydrogen) atoms. The highest BCUT2D eigenvalue weighted by molar-refractivity contribution is 6.00. The molecule has 4 unspecified atom stereocenters. The Balaban J connectivity index is 1.42. The molecule has 0 bridgehead atoms. The van der Waals surface area contributed by atoms with Gasteiger partial charge in [-0.1, -0.05) is 58.4 Å². The molecule has 0 spiro atoms. The van der Waals surface area contributed by atoms with Crippen molar-refractivity contribution < 1.29 is 14.4 Å². The van der Waals surface area contributed by atoms with Gasteiger partial charge >= 0.3 is 0 Å². The van der Waals surface area contributed by atoms with Crippen molar-refractivity contribution in [2.45, 2.75) is 104 Å². The third-order valence-corrected chi connectivity index (χ3v) is 9.40. The summed E-state index contributed by atoms with van der Waals surface area (Å²) in [7, 11) is 1.57. The third kappa shape index (κ3) is 6.86. The quantitative estimate of drug-likeness (QED) is 0.215. The first-order valence-corrected chi connectivity index (χ1v) is 14.6. The van der Waals surface area contributed by atoms with E-state index in [4.69, 9.17) is 0 Å². The predicted octanol–water partition coefficient (Wildman–Crippen LogP) is 5.09. The Kier molecular flexibility index (Phi) is 11.0. The number of hydrogen-bond donors (Lipinski definition) is 2. The Labute approximate surface area is 229 Å². The monoisotopic (exact) mass is 521 g/mol. The molecule has 208 valence electrons. The van der Waals surface area contributed by atoms with Crippen molar-refractivity contribution in [1.82, 2.24) is 15.5 Å². The van der Waals surface area contributed by atoms with E-state index in [1.54, 1.807) is 18.0 Å². The van der Waals surface area contributed by atoms with Gasteiger partial charge in [0, 0.05) is 43.6 Å². The Morgan fingerprint density at radius 1 is 1.24 bits per heavy atom. The molecule has 6 heteroatoms. The average Bonchev–Trinajstić information content (AvgIpc) is 3.37. The van der Waals surface area contributed by atoms with Crippen molar-refractivity contribution in [3.8, 4) is 11.8 Å². The molecule has 2 N–H and O–H groups in total. The molecule has 0 radical (unpaired) electrons. The van der Waals surface area contributed by atoms with Crippen LogP contribution in [-0.4, -0.2) is 48.7 Å². The Morgan fingerprint density at radius 3 is 2.71 bits per heavy atom. The zero-order valence-corrected chi connectivity index (χ0v) is 24.1. The molecule has 2 aliphatic rings. The number of fused-ring (bicyclic) bond motifs is 1. The summed E-state index contributed by atoms with van der Waals surface area (Å²) in [6, 6.07) is 5.62. The first-order valence-electron chi connectivity index (χ1n) is 14.6. The van der Waals surface area contributed by atoms with E-state index in [0.29, 0.717) is 30.0 Å². The van der Waals surface area contributed by atoms with Crippen molar-refractivity contribution >= 4 is 18.1 Å². The molecule has 0 saturated heterocycles. The second-order valence-corrected chi connectivity index (χ2v) is 11.5. The van der Waals surface area contributed by atoms with Crippen LogP contribution in [0.5, 0.6) is 0 Å². The van der Waals surface area contributed by atoms with Crippen LogP contribution in [0.4, 0.5) is 0 Å². The van der Waals surface area contributed by atoms with E-state index < -0.39 is 6.04 Å². The first-order chi connectivity index (χ1) is 18.3. The van der Waals surface area contributed by atoms with Gasteiger partial charge in [0.25, 0.3) is 5.91 Å². The van der Waals surface area contributed by atoms with Crippen molar-refractivity contribution in [3.05, 3.63) is 34.9 Å². The van der Waals surface area contributed by atoms with Crippen molar-refractivity contribution in [1.29, 1.82) is 0 Å². The van der Waals surface area contributed by atoms with Gasteiger partial charge in [-0.05, 0) is 73.6 Å². The van der Waals surface area contributed by atoms with Gasteiger partial charge in [0.15, 0.2) is 0 Å². The molecule has 1 aliphatic heterocycles. The standard InChI is InChI=1S/C32H47N3O3/c1-6-32(4)24(3)23(2)20-29(32)34-19-12-10-8-7-9-11-14-25-15-13-16-27-28(25)21-35(31(27)38)26(22-36)17-18-30(37)33-5/h13,15-16,22-24,26,29,34H,6-10,12,17-21H2,1-5H3,(H,33,37)/t23?,24?,26?,29-,32?/m0/s1. The molecule has 1 saturated carbocycles. The number of unbranched alkanes of at least 4 members (excludes halogenated alkanes) is 4. The molecule has 1 aliphatic carbocycles. The smallest absolute Gasteiger partial charge is 0.255 e. The number of aldehydes is 1. The fourth-order valence-electron chi connectivity index (χ4n) is 6.26. The average molecular weight is 522 g/mol. The number of hydrogen-bond acceptors (Lipinski definition) is 4. The second kappa shape index (κ2) is 13.9. The lowest BCUT2D eigenvalue weighted by Gasteiger charge is -2.35. The van der Waals surface area contributed by atoms with Gasteiger partial charge in [0.05, 0.1) is 6.04 Å². The van der Waals surface area contributed by atoms with Crippen LogP contribution >= 0.6 is 0 Å². The molecule has 2 amide bonds. The summed E-state index contributed by atoms with van der Waals surface area (Å²) >= 11 is 0. The zero-order valence-electron chi connectivity index (χ0n) is 24.1. The Hall–Kier alpha value is -2.65. The number of amides is 2. The molecule has 6 nitrogen and oxygen atoms in total. The number of benzene rings is 1. The van der Waals surface area contributed by atoms with E-state index in [2.05, 4.69) is 50.2 Å². The molecule has 5 atom stereocenters. The number of nitrogens with one attached hydrogen (secondary N) is 2. The second-order valence-electron chi connectivity index (χ2n) is 11.5. The van der Waals surface area contributed by atoms with E-state index >= 15 is 0 Å². The van der Waals surface area contributed by atoms with Crippen molar-refractivity contribution in [3.63, 3.8) is 0 Å². The van der Waals surface area contributed by atoms with E-state index in [-0.39, 0.29) is 18.2 Å². The van der Waals surface area contributed by atoms with E-state index in [9.17, 15) is 14.4 Å². The number of carbonyl (C=O) groups excluding carboxylic acids is 3. The largest absolute Gasteiger partial charge is 0.359 e. The summed E-state index contributed by atoms with van der Waals surface area (Å²) < 4.78 is 0. The SMILES string of the molecule is CCC1(C)C(C)C(C)C[C@@H]1NCCCCCCC#Cc1cccc2c1CN(C(C=O)CCC(=O)NC)C2=O. The molecule has 1 fully saturated rings. The van der Waals surface area contributed by atoms with E-state index in [1.807, 2.05) is 12.1 Å². The van der Waals surface area contributed by atoms with Crippen LogP contribution in [0.25, 0.3) is 0 Å². The maximum Gasteiger partial charge on any atom is 0.255 e. The van der Waals surface area contributed by atoms with Crippen LogP contribution < -0.4 is 10.6 Å². The summed E-state index contributed by atoms with van der Waals surface area (Å²) in [5.74, 6) is 7.84. The van der Waals surface area contributed by atoms with Gasteiger partial charge in [-0.3, -0.25) is 9.59 Å². The Morgan fingerprint density at radius 2 is 2.00 bits per heavy atom. The summed E-state index contributed by atoms with van der Waals surface area (Å²) in [5, 5.41) is 6.43. The summed E-state index contributed by atoms with van der Waals surface area (Å²) in [6.45, 7) is 11.1. The van der Waals surface area contributed by atoms with Crippen molar-refractivity contribution in [2.24, 2.45) is 17.3 Å². The Bertz CT molecular complexity index is 1040. The summed E-state index contributed by atoms with van der Waals surface area (Å²) in [5.41, 5.74) is 2.77. The van der Waals surface area contributed by atoms with Gasteiger partial charge in [0.2, 0.25) is 5.91 Å². The fraction of sp³-hybridized carbons (Fsp3) is 0.656. The van der Waals surface area contributed by atoms with Gasteiger partial charge in [-0.25, -0.2) is 0 Å². The lowest BCUT2D eigenvalue weighted by atomic mass is 9.74. The van der Waals surface area contributed by atoms with Crippen LogP contribution in [0, 0.1) is 29.1 Å². The highest BCUT2D eigenvalue weighted by Gasteiger charge is 2.46. The molecule has 0 aromatic heterocycles. The van der Waals surface area contributed by atoms with E-state index in [1.165, 1.54) is 32.1 Å². The van der Waals surface area contributed by atoms with Gasteiger partial charge in [-0.15, -0.1) is 0 Å². The van der Waals surface area contributed by atoms with Crippen LogP contribution in [-0.2, 0) is 16.1 Å². The zero-order chi connectivity index (χ0) is 27.7. The van der Waals surface area contributed by atoms with E-state index in [0.717, 1.165) is 48.6 Å². The number of nitrogens with zero attached hydrogens (tertiary/aromatic N) is 1. The number of rotatable bonds is 13. The normalized spacial score (nSPS) is 25.0. The topological polar surface area (TPSA) is 78.5 Å². The van der Waals surface area contributed by atoms with Gasteiger partial charge in [0.1, 0.15) is 6.29 Å². The minimum atomic E-state index is -0.612. The van der Waals surface area contributed by atoms with Crippen molar-refractivity contribution in [2.75, 3.05) is 13.6 Å². The summed E-state index contributed by atoms with van der Waals surface area (Å²) in [4.78, 5) is 37.8. The summed E-state index contributed by atoms with van der Waals surface area (Å²) in [6.07, 6.45) is 9.32. The third-order valence-electron chi connectivity index (χ3n) is 9.40. The van der Waals surface area contributed by atoms with Crippen LogP contribution in [0.2, 0.25) is 0 Å². The van der Waals surface area contributed by atoms with Gasteiger partial charge < -0.3 is 20.3 Å². The molecular weight excluding hydrogens is 474 g/mol. The van der Waals surface area contributed by atoms with Crippen LogP contribution in [0.15, 0.2) is 18.2 Å². The fourth-order valence-corrected chi connectivity index (χ4v) is 6.26. The molecule has 1 heterocycles. The maximum absolute atomic E-state index is 12.9. The predicted molar refractivity (Wildman–Crippen MR) is 153 cm³/mol.